The van der Waals surface area contributed by atoms with Crippen LogP contribution in [0.5, 0.6) is 0 Å². The zero-order valence-electron chi connectivity index (χ0n) is 14.6. The number of benzene rings is 1. The van der Waals surface area contributed by atoms with Crippen molar-refractivity contribution in [1.29, 1.82) is 0 Å². The van der Waals surface area contributed by atoms with E-state index in [0.29, 0.717) is 6.42 Å². The van der Waals surface area contributed by atoms with Crippen LogP contribution in [-0.4, -0.2) is 43.2 Å². The maximum absolute atomic E-state index is 13.2. The van der Waals surface area contributed by atoms with E-state index in [1.54, 1.807) is 0 Å². The van der Waals surface area contributed by atoms with Crippen LogP contribution >= 0.6 is 0 Å². The summed E-state index contributed by atoms with van der Waals surface area (Å²) in [5, 5.41) is 0. The van der Waals surface area contributed by atoms with Gasteiger partial charge in [-0.2, -0.15) is 30.7 Å². The fourth-order valence-corrected chi connectivity index (χ4v) is 1.97. The Balaban J connectivity index is 2.87. The molecule has 1 aromatic rings. The first-order chi connectivity index (χ1) is 12.8. The summed E-state index contributed by atoms with van der Waals surface area (Å²) in [5.41, 5.74) is -0.996. The fraction of sp³-hybridized carbons (Fsp3) is 0.529. The molecule has 0 aliphatic heterocycles. The van der Waals surface area contributed by atoms with Gasteiger partial charge in [-0.15, -0.1) is 0 Å². The van der Waals surface area contributed by atoms with Crippen molar-refractivity contribution in [1.82, 2.24) is 0 Å². The number of unbranched alkanes of at least 4 members (excludes halogenated alkanes) is 2. The van der Waals surface area contributed by atoms with Gasteiger partial charge in [-0.3, -0.25) is 0 Å². The van der Waals surface area contributed by atoms with Crippen molar-refractivity contribution in [2.75, 3.05) is 13.2 Å². The third-order valence-electron chi connectivity index (χ3n) is 3.55. The van der Waals surface area contributed by atoms with E-state index in [0.717, 1.165) is 25.0 Å². The third-order valence-corrected chi connectivity index (χ3v) is 3.55. The second-order valence-electron chi connectivity index (χ2n) is 5.74. The SMILES string of the molecule is CCCCCOC(=O)c1ccccc1C(=O)OCC(F)(F)C(F)(F)C(F)(F)F. The molecule has 0 aliphatic carbocycles. The number of rotatable bonds is 9. The molecule has 0 saturated carbocycles. The predicted molar refractivity (Wildman–Crippen MR) is 82.5 cm³/mol. The molecule has 158 valence electrons. The molecule has 0 saturated heterocycles. The molecule has 0 N–H and O–H groups in total. The lowest BCUT2D eigenvalue weighted by Crippen LogP contribution is -2.54. The third kappa shape index (κ3) is 5.59. The average Bonchev–Trinajstić information content (AvgIpc) is 2.62. The molecule has 11 heteroatoms. The predicted octanol–water partition coefficient (Wildman–Crippen LogP) is 5.02. The van der Waals surface area contributed by atoms with Gasteiger partial charge >= 0.3 is 30.0 Å². The highest BCUT2D eigenvalue weighted by Gasteiger charge is 2.73. The van der Waals surface area contributed by atoms with Crippen LogP contribution in [0.2, 0.25) is 0 Å². The molecule has 0 bridgehead atoms. The maximum atomic E-state index is 13.2. The van der Waals surface area contributed by atoms with E-state index in [2.05, 4.69) is 4.74 Å². The Hall–Kier alpha value is -2.33. The van der Waals surface area contributed by atoms with Crippen LogP contribution in [-0.2, 0) is 9.47 Å². The quantitative estimate of drug-likeness (QED) is 0.321. The van der Waals surface area contributed by atoms with E-state index < -0.39 is 47.7 Å². The summed E-state index contributed by atoms with van der Waals surface area (Å²) in [4.78, 5) is 23.9. The molecule has 0 atom stereocenters. The van der Waals surface area contributed by atoms with Crippen LogP contribution in [0.3, 0.4) is 0 Å². The van der Waals surface area contributed by atoms with Gasteiger partial charge < -0.3 is 9.47 Å². The van der Waals surface area contributed by atoms with Crippen molar-refractivity contribution in [3.63, 3.8) is 0 Å². The minimum Gasteiger partial charge on any atom is -0.462 e. The summed E-state index contributed by atoms with van der Waals surface area (Å²) in [6, 6.07) is 4.59. The zero-order chi connectivity index (χ0) is 21.6. The molecule has 0 unspecified atom stereocenters. The van der Waals surface area contributed by atoms with Gasteiger partial charge in [0.15, 0.2) is 6.61 Å². The Labute approximate surface area is 155 Å². The lowest BCUT2D eigenvalue weighted by molar-refractivity contribution is -0.359. The molecule has 1 aromatic carbocycles. The average molecular weight is 418 g/mol. The minimum atomic E-state index is -6.54. The number of hydrogen-bond acceptors (Lipinski definition) is 4. The Morgan fingerprint density at radius 3 is 1.82 bits per heavy atom. The molecule has 4 nitrogen and oxygen atoms in total. The number of alkyl halides is 7. The van der Waals surface area contributed by atoms with Gasteiger partial charge in [-0.25, -0.2) is 9.59 Å². The highest BCUT2D eigenvalue weighted by Crippen LogP contribution is 2.46. The van der Waals surface area contributed by atoms with Crippen molar-refractivity contribution in [2.45, 2.75) is 44.2 Å². The molecule has 0 heterocycles. The number of carbonyl (C=O) groups excluding carboxylic acids is 2. The first-order valence-corrected chi connectivity index (χ1v) is 8.10. The van der Waals surface area contributed by atoms with Crippen molar-refractivity contribution >= 4 is 11.9 Å². The molecule has 0 aromatic heterocycles. The topological polar surface area (TPSA) is 52.6 Å². The first-order valence-electron chi connectivity index (χ1n) is 8.10. The summed E-state index contributed by atoms with van der Waals surface area (Å²) in [6.45, 7) is -0.602. The Kier molecular flexibility index (Phi) is 7.83. The standard InChI is InChI=1S/C17H17F7O4/c1-2-3-6-9-27-13(25)11-7-4-5-8-12(11)14(26)28-10-15(18,19)16(20,21)17(22,23)24/h4-5,7-8H,2-3,6,9-10H2,1H3. The summed E-state index contributed by atoms with van der Waals surface area (Å²) in [5.74, 6) is -14.8. The molecule has 0 radical (unpaired) electrons. The number of halogens is 7. The second-order valence-corrected chi connectivity index (χ2v) is 5.74. The lowest BCUT2D eigenvalue weighted by Gasteiger charge is -2.27. The molecular formula is C17H17F7O4. The van der Waals surface area contributed by atoms with Gasteiger partial charge in [0.1, 0.15) is 0 Å². The highest BCUT2D eigenvalue weighted by atomic mass is 19.4. The molecule has 0 fully saturated rings. The molecule has 0 aliphatic rings. The van der Waals surface area contributed by atoms with Crippen molar-refractivity contribution in [3.8, 4) is 0 Å². The smallest absolute Gasteiger partial charge is 0.460 e. The van der Waals surface area contributed by atoms with Crippen LogP contribution in [0.4, 0.5) is 30.7 Å². The Morgan fingerprint density at radius 2 is 1.36 bits per heavy atom. The monoisotopic (exact) mass is 418 g/mol. The number of esters is 2. The number of ether oxygens (including phenoxy) is 2. The molecule has 28 heavy (non-hydrogen) atoms. The molecule has 0 amide bonds. The first kappa shape index (κ1) is 23.7. The molecular weight excluding hydrogens is 401 g/mol. The lowest BCUT2D eigenvalue weighted by atomic mass is 10.1. The summed E-state index contributed by atoms with van der Waals surface area (Å²) >= 11 is 0. The van der Waals surface area contributed by atoms with E-state index >= 15 is 0 Å². The number of carbonyl (C=O) groups is 2. The summed E-state index contributed by atoms with van der Waals surface area (Å²) < 4.78 is 97.2. The normalized spacial score (nSPS) is 12.6. The minimum absolute atomic E-state index is 0.0198. The second kappa shape index (κ2) is 9.24. The molecule has 1 rings (SSSR count). The van der Waals surface area contributed by atoms with E-state index in [1.807, 2.05) is 6.92 Å². The van der Waals surface area contributed by atoms with Gasteiger partial charge in [0.2, 0.25) is 0 Å². The fourth-order valence-electron chi connectivity index (χ4n) is 1.97. The zero-order valence-corrected chi connectivity index (χ0v) is 14.6. The van der Waals surface area contributed by atoms with Crippen LogP contribution in [0.25, 0.3) is 0 Å². The van der Waals surface area contributed by atoms with Crippen LogP contribution in [0, 0.1) is 0 Å². The largest absolute Gasteiger partial charge is 0.462 e. The summed E-state index contributed by atoms with van der Waals surface area (Å²) in [7, 11) is 0. The maximum Gasteiger partial charge on any atom is 0.460 e. The van der Waals surface area contributed by atoms with Gasteiger partial charge in [0.05, 0.1) is 17.7 Å². The van der Waals surface area contributed by atoms with E-state index in [4.69, 9.17) is 4.74 Å². The Morgan fingerprint density at radius 1 is 0.857 bits per heavy atom. The van der Waals surface area contributed by atoms with Crippen molar-refractivity contribution < 1.29 is 49.8 Å². The van der Waals surface area contributed by atoms with Gasteiger partial charge in [0, 0.05) is 0 Å². The van der Waals surface area contributed by atoms with Gasteiger partial charge in [-0.05, 0) is 18.6 Å². The molecule has 0 spiro atoms. The van der Waals surface area contributed by atoms with Gasteiger partial charge in [0.25, 0.3) is 0 Å². The van der Waals surface area contributed by atoms with Crippen molar-refractivity contribution in [2.24, 2.45) is 0 Å². The van der Waals surface area contributed by atoms with E-state index in [-0.39, 0.29) is 6.61 Å². The summed E-state index contributed by atoms with van der Waals surface area (Å²) in [6.07, 6.45) is -4.40. The van der Waals surface area contributed by atoms with E-state index in [9.17, 15) is 40.3 Å². The van der Waals surface area contributed by atoms with Crippen LogP contribution in [0.15, 0.2) is 24.3 Å². The highest BCUT2D eigenvalue weighted by molar-refractivity contribution is 6.03. The Bertz CT molecular complexity index is 686. The van der Waals surface area contributed by atoms with E-state index in [1.165, 1.54) is 12.1 Å². The van der Waals surface area contributed by atoms with Crippen LogP contribution in [0.1, 0.15) is 46.9 Å². The van der Waals surface area contributed by atoms with Crippen molar-refractivity contribution in [3.05, 3.63) is 35.4 Å². The van der Waals surface area contributed by atoms with Gasteiger partial charge in [-0.1, -0.05) is 31.9 Å². The van der Waals surface area contributed by atoms with Crippen LogP contribution < -0.4 is 0 Å². The number of hydrogen-bond donors (Lipinski definition) is 0.